The van der Waals surface area contributed by atoms with Gasteiger partial charge in [-0.15, -0.1) is 0 Å². The molecule has 0 fully saturated rings. The number of benzene rings is 2. The number of amides is 1. The third kappa shape index (κ3) is 3.61. The number of aryl methyl sites for hydroxylation is 1. The van der Waals surface area contributed by atoms with Crippen LogP contribution in [0.5, 0.6) is 5.75 Å². The summed E-state index contributed by atoms with van der Waals surface area (Å²) in [6.07, 6.45) is 1.28. The SMILES string of the molecule is CCOc1ccc(N(C(=O)c2ccco2)S(=O)(=O)c2ccc3c(c2)oc(=O)n3C)cc1. The predicted molar refractivity (Wildman–Crippen MR) is 112 cm³/mol. The molecule has 2 heterocycles. The largest absolute Gasteiger partial charge is 0.494 e. The van der Waals surface area contributed by atoms with Gasteiger partial charge < -0.3 is 13.6 Å². The molecule has 0 aliphatic carbocycles. The molecule has 2 aromatic carbocycles. The lowest BCUT2D eigenvalue weighted by atomic mass is 10.3. The first kappa shape index (κ1) is 20.5. The van der Waals surface area contributed by atoms with Crippen LogP contribution >= 0.6 is 0 Å². The fourth-order valence-electron chi connectivity index (χ4n) is 3.09. The quantitative estimate of drug-likeness (QED) is 0.451. The van der Waals surface area contributed by atoms with Gasteiger partial charge in [0.15, 0.2) is 11.3 Å². The van der Waals surface area contributed by atoms with Crippen molar-refractivity contribution in [2.45, 2.75) is 11.8 Å². The standard InChI is InChI=1S/C21H18N2O7S/c1-3-28-15-8-6-14(7-9-15)23(20(24)18-5-4-12-29-18)31(26,27)16-10-11-17-19(13-16)30-21(25)22(17)2/h4-13H,3H2,1-2H3. The molecule has 2 aromatic heterocycles. The molecule has 0 saturated carbocycles. The summed E-state index contributed by atoms with van der Waals surface area (Å²) in [5.41, 5.74) is 0.610. The fourth-order valence-corrected chi connectivity index (χ4v) is 4.50. The number of ether oxygens (including phenoxy) is 1. The van der Waals surface area contributed by atoms with Crippen molar-refractivity contribution in [2.24, 2.45) is 7.05 Å². The van der Waals surface area contributed by atoms with E-state index in [-0.39, 0.29) is 21.9 Å². The van der Waals surface area contributed by atoms with Crippen LogP contribution in [0.15, 0.2) is 79.4 Å². The smallest absolute Gasteiger partial charge is 0.419 e. The van der Waals surface area contributed by atoms with Crippen LogP contribution in [-0.4, -0.2) is 25.5 Å². The molecule has 0 radical (unpaired) electrons. The maximum Gasteiger partial charge on any atom is 0.419 e. The minimum atomic E-state index is -4.39. The number of carbonyl (C=O) groups is 1. The summed E-state index contributed by atoms with van der Waals surface area (Å²) in [5, 5.41) is 0. The van der Waals surface area contributed by atoms with Crippen LogP contribution in [0.4, 0.5) is 5.69 Å². The number of sulfonamides is 1. The summed E-state index contributed by atoms with van der Waals surface area (Å²) in [6, 6.07) is 12.9. The Kier molecular flexibility index (Phi) is 5.15. The number of fused-ring (bicyclic) bond motifs is 1. The first-order valence-corrected chi connectivity index (χ1v) is 10.7. The number of furan rings is 1. The first-order valence-electron chi connectivity index (χ1n) is 9.28. The second-order valence-corrected chi connectivity index (χ2v) is 8.32. The second-order valence-electron chi connectivity index (χ2n) is 6.54. The van der Waals surface area contributed by atoms with Crippen LogP contribution in [0.25, 0.3) is 11.1 Å². The summed E-state index contributed by atoms with van der Waals surface area (Å²) in [6.45, 7) is 2.26. The number of nitrogens with zero attached hydrogens (tertiary/aromatic N) is 2. The summed E-state index contributed by atoms with van der Waals surface area (Å²) in [7, 11) is -2.88. The molecule has 160 valence electrons. The molecule has 0 saturated heterocycles. The molecule has 9 nitrogen and oxygen atoms in total. The molecular formula is C21H18N2O7S. The summed E-state index contributed by atoms with van der Waals surface area (Å²) < 4.78 is 44.6. The van der Waals surface area contributed by atoms with E-state index in [2.05, 4.69) is 0 Å². The van der Waals surface area contributed by atoms with Gasteiger partial charge in [0, 0.05) is 13.1 Å². The van der Waals surface area contributed by atoms with Gasteiger partial charge in [-0.05, 0) is 55.5 Å². The molecule has 0 N–H and O–H groups in total. The van der Waals surface area contributed by atoms with E-state index in [1.54, 1.807) is 12.1 Å². The lowest BCUT2D eigenvalue weighted by Crippen LogP contribution is -2.36. The predicted octanol–water partition coefficient (Wildman–Crippen LogP) is 3.16. The van der Waals surface area contributed by atoms with Gasteiger partial charge in [-0.2, -0.15) is 4.31 Å². The maximum absolute atomic E-state index is 13.5. The van der Waals surface area contributed by atoms with E-state index in [1.807, 2.05) is 6.92 Å². The number of aromatic nitrogens is 1. The van der Waals surface area contributed by atoms with Crippen LogP contribution < -0.4 is 14.8 Å². The van der Waals surface area contributed by atoms with Crippen molar-refractivity contribution in [1.29, 1.82) is 0 Å². The van der Waals surface area contributed by atoms with E-state index in [0.717, 1.165) is 0 Å². The van der Waals surface area contributed by atoms with Crippen LogP contribution in [0.3, 0.4) is 0 Å². The summed E-state index contributed by atoms with van der Waals surface area (Å²) in [4.78, 5) is 24.6. The van der Waals surface area contributed by atoms with Crippen molar-refractivity contribution >= 4 is 32.7 Å². The van der Waals surface area contributed by atoms with Gasteiger partial charge >= 0.3 is 11.7 Å². The lowest BCUT2D eigenvalue weighted by molar-refractivity contribution is 0.0979. The molecule has 0 bridgehead atoms. The summed E-state index contributed by atoms with van der Waals surface area (Å²) >= 11 is 0. The molecule has 1 amide bonds. The Morgan fingerprint density at radius 3 is 2.52 bits per heavy atom. The third-order valence-corrected chi connectivity index (χ3v) is 6.31. The molecule has 0 spiro atoms. The number of hydrogen-bond acceptors (Lipinski definition) is 7. The Balaban J connectivity index is 1.85. The zero-order chi connectivity index (χ0) is 22.2. The zero-order valence-electron chi connectivity index (χ0n) is 16.6. The molecule has 0 unspecified atom stereocenters. The van der Waals surface area contributed by atoms with Crippen molar-refractivity contribution in [3.05, 3.63) is 77.2 Å². The van der Waals surface area contributed by atoms with Crippen molar-refractivity contribution in [1.82, 2.24) is 4.57 Å². The van der Waals surface area contributed by atoms with Gasteiger partial charge in [-0.3, -0.25) is 9.36 Å². The second kappa shape index (κ2) is 7.80. The zero-order valence-corrected chi connectivity index (χ0v) is 17.5. The van der Waals surface area contributed by atoms with Crippen LogP contribution in [0.2, 0.25) is 0 Å². The van der Waals surface area contributed by atoms with E-state index in [0.29, 0.717) is 22.2 Å². The average Bonchev–Trinajstić information content (AvgIpc) is 3.38. The van der Waals surface area contributed by atoms with Gasteiger partial charge in [-0.25, -0.2) is 13.2 Å². The molecule has 0 aliphatic rings. The Bertz CT molecular complexity index is 1400. The Labute approximate surface area is 177 Å². The highest BCUT2D eigenvalue weighted by molar-refractivity contribution is 7.93. The van der Waals surface area contributed by atoms with Crippen molar-refractivity contribution in [2.75, 3.05) is 10.9 Å². The topological polar surface area (TPSA) is 112 Å². The molecule has 0 atom stereocenters. The Morgan fingerprint density at radius 1 is 1.13 bits per heavy atom. The fraction of sp³-hybridized carbons (Fsp3) is 0.143. The van der Waals surface area contributed by atoms with E-state index in [1.165, 1.54) is 60.3 Å². The first-order chi connectivity index (χ1) is 14.8. The molecule has 31 heavy (non-hydrogen) atoms. The number of carbonyl (C=O) groups excluding carboxylic acids is 1. The minimum absolute atomic E-state index is 0.0886. The highest BCUT2D eigenvalue weighted by atomic mass is 32.2. The van der Waals surface area contributed by atoms with E-state index in [4.69, 9.17) is 13.6 Å². The highest BCUT2D eigenvalue weighted by Crippen LogP contribution is 2.29. The average molecular weight is 442 g/mol. The van der Waals surface area contributed by atoms with Crippen LogP contribution in [0, 0.1) is 0 Å². The van der Waals surface area contributed by atoms with Crippen LogP contribution in [-0.2, 0) is 17.1 Å². The monoisotopic (exact) mass is 442 g/mol. The van der Waals surface area contributed by atoms with Gasteiger partial charge in [-0.1, -0.05) is 0 Å². The van der Waals surface area contributed by atoms with Gasteiger partial charge in [0.2, 0.25) is 0 Å². The number of anilines is 1. The van der Waals surface area contributed by atoms with Crippen LogP contribution in [0.1, 0.15) is 17.5 Å². The molecule has 10 heteroatoms. The van der Waals surface area contributed by atoms with Gasteiger partial charge in [0.25, 0.3) is 10.0 Å². The lowest BCUT2D eigenvalue weighted by Gasteiger charge is -2.22. The molecule has 4 rings (SSSR count). The molecular weight excluding hydrogens is 424 g/mol. The van der Waals surface area contributed by atoms with Crippen molar-refractivity contribution < 1.29 is 26.8 Å². The minimum Gasteiger partial charge on any atom is -0.494 e. The van der Waals surface area contributed by atoms with Gasteiger partial charge in [0.05, 0.1) is 29.0 Å². The van der Waals surface area contributed by atoms with Crippen molar-refractivity contribution in [3.63, 3.8) is 0 Å². The number of hydrogen-bond donors (Lipinski definition) is 0. The van der Waals surface area contributed by atoms with E-state index >= 15 is 0 Å². The molecule has 4 aromatic rings. The van der Waals surface area contributed by atoms with E-state index < -0.39 is 21.7 Å². The molecule has 0 aliphatic heterocycles. The number of oxazole rings is 1. The Hall–Kier alpha value is -3.79. The number of rotatable bonds is 6. The normalized spacial score (nSPS) is 11.5. The van der Waals surface area contributed by atoms with Crippen molar-refractivity contribution in [3.8, 4) is 5.75 Å². The summed E-state index contributed by atoms with van der Waals surface area (Å²) in [5.74, 6) is -1.12. The van der Waals surface area contributed by atoms with Gasteiger partial charge in [0.1, 0.15) is 5.75 Å². The maximum atomic E-state index is 13.5. The third-order valence-electron chi connectivity index (χ3n) is 4.60. The Morgan fingerprint density at radius 2 is 1.87 bits per heavy atom. The van der Waals surface area contributed by atoms with E-state index in [9.17, 15) is 18.0 Å². The highest BCUT2D eigenvalue weighted by Gasteiger charge is 2.34.